The van der Waals surface area contributed by atoms with E-state index < -0.39 is 0 Å². The third-order valence-corrected chi connectivity index (χ3v) is 4.49. The first-order valence-corrected chi connectivity index (χ1v) is 8.49. The Hall–Kier alpha value is -1.38. The van der Waals surface area contributed by atoms with Gasteiger partial charge in [-0.2, -0.15) is 0 Å². The van der Waals surface area contributed by atoms with Gasteiger partial charge in [-0.25, -0.2) is 0 Å². The van der Waals surface area contributed by atoms with Gasteiger partial charge in [-0.1, -0.05) is 87.2 Å². The maximum absolute atomic E-state index is 5.96. The van der Waals surface area contributed by atoms with Crippen LogP contribution in [0.25, 0.3) is 0 Å². The number of rotatable bonds is 9. The lowest BCUT2D eigenvalue weighted by Gasteiger charge is -2.38. The molecular formula is C20H29NO. The highest BCUT2D eigenvalue weighted by atomic mass is 16.5. The summed E-state index contributed by atoms with van der Waals surface area (Å²) in [6.45, 7) is 3.11. The Morgan fingerprint density at radius 2 is 1.91 bits per heavy atom. The van der Waals surface area contributed by atoms with Crippen LogP contribution in [0.3, 0.4) is 0 Å². The van der Waals surface area contributed by atoms with Gasteiger partial charge in [-0.05, 0) is 12.0 Å². The largest absolute Gasteiger partial charge is 0.372 e. The molecule has 0 bridgehead atoms. The zero-order chi connectivity index (χ0) is 15.7. The lowest BCUT2D eigenvalue weighted by molar-refractivity contribution is 0.00194. The Bertz CT molecular complexity index is 480. The summed E-state index contributed by atoms with van der Waals surface area (Å²) < 4.78 is 5.96. The van der Waals surface area contributed by atoms with Crippen molar-refractivity contribution in [1.82, 2.24) is 5.32 Å². The molecule has 0 aromatic heterocycles. The van der Waals surface area contributed by atoms with E-state index in [1.165, 1.54) is 31.2 Å². The van der Waals surface area contributed by atoms with Gasteiger partial charge in [0.1, 0.15) is 5.60 Å². The lowest BCUT2D eigenvalue weighted by atomic mass is 9.84. The summed E-state index contributed by atoms with van der Waals surface area (Å²) in [6.07, 6.45) is 14.8. The van der Waals surface area contributed by atoms with Gasteiger partial charge in [-0.3, -0.25) is 0 Å². The second-order valence-electron chi connectivity index (χ2n) is 6.06. The summed E-state index contributed by atoms with van der Waals surface area (Å²) in [5, 5.41) is 3.66. The van der Waals surface area contributed by atoms with Crippen LogP contribution < -0.4 is 5.32 Å². The number of hydrogen-bond acceptors (Lipinski definition) is 2. The Morgan fingerprint density at radius 1 is 1.09 bits per heavy atom. The minimum Gasteiger partial charge on any atom is -0.372 e. The van der Waals surface area contributed by atoms with Crippen molar-refractivity contribution in [1.29, 1.82) is 0 Å². The van der Waals surface area contributed by atoms with Crippen molar-refractivity contribution in [2.75, 3.05) is 7.11 Å². The first kappa shape index (κ1) is 17.0. The van der Waals surface area contributed by atoms with Gasteiger partial charge < -0.3 is 10.1 Å². The molecule has 2 rings (SSSR count). The molecule has 1 aromatic rings. The average Bonchev–Trinajstić information content (AvgIpc) is 2.58. The van der Waals surface area contributed by atoms with Crippen molar-refractivity contribution in [3.05, 3.63) is 60.2 Å². The summed E-state index contributed by atoms with van der Waals surface area (Å²) in [6, 6.07) is 10.8. The summed E-state index contributed by atoms with van der Waals surface area (Å²) >= 11 is 0. The maximum atomic E-state index is 5.96. The van der Waals surface area contributed by atoms with Gasteiger partial charge in [0.05, 0.1) is 6.04 Å². The fourth-order valence-corrected chi connectivity index (χ4v) is 3.09. The molecule has 22 heavy (non-hydrogen) atoms. The van der Waals surface area contributed by atoms with Crippen LogP contribution in [0.1, 0.15) is 44.6 Å². The number of hydrogen-bond donors (Lipinski definition) is 1. The first-order valence-electron chi connectivity index (χ1n) is 8.49. The van der Waals surface area contributed by atoms with E-state index in [9.17, 15) is 0 Å². The zero-order valence-corrected chi connectivity index (χ0v) is 13.9. The summed E-state index contributed by atoms with van der Waals surface area (Å²) in [7, 11) is 1.83. The van der Waals surface area contributed by atoms with Gasteiger partial charge in [0, 0.05) is 13.7 Å². The predicted molar refractivity (Wildman–Crippen MR) is 93.8 cm³/mol. The molecule has 2 unspecified atom stereocenters. The van der Waals surface area contributed by atoms with Crippen molar-refractivity contribution in [3.63, 3.8) is 0 Å². The molecule has 2 nitrogen and oxygen atoms in total. The SMILES string of the molecule is CCCCCCC1(OC)C=CC=CC1NCc1ccccc1. The van der Waals surface area contributed by atoms with E-state index >= 15 is 0 Å². The molecule has 0 aliphatic heterocycles. The summed E-state index contributed by atoms with van der Waals surface area (Å²) in [5.74, 6) is 0. The van der Waals surface area contributed by atoms with Crippen LogP contribution in [0.15, 0.2) is 54.6 Å². The fourth-order valence-electron chi connectivity index (χ4n) is 3.09. The van der Waals surface area contributed by atoms with Gasteiger partial charge in [-0.15, -0.1) is 0 Å². The van der Waals surface area contributed by atoms with Crippen molar-refractivity contribution < 1.29 is 4.74 Å². The third-order valence-electron chi connectivity index (χ3n) is 4.49. The number of ether oxygens (including phenoxy) is 1. The molecule has 2 atom stereocenters. The highest BCUT2D eigenvalue weighted by Gasteiger charge is 2.35. The van der Waals surface area contributed by atoms with Gasteiger partial charge >= 0.3 is 0 Å². The molecule has 0 spiro atoms. The molecule has 0 heterocycles. The van der Waals surface area contributed by atoms with Crippen LogP contribution in [0, 0.1) is 0 Å². The molecule has 0 fully saturated rings. The Morgan fingerprint density at radius 3 is 2.64 bits per heavy atom. The minimum atomic E-state index is -0.211. The molecule has 120 valence electrons. The zero-order valence-electron chi connectivity index (χ0n) is 13.9. The highest BCUT2D eigenvalue weighted by molar-refractivity contribution is 5.26. The van der Waals surface area contributed by atoms with Crippen LogP contribution in [0.5, 0.6) is 0 Å². The standard InChI is InChI=1S/C20H29NO/c1-3-4-5-10-15-20(22-2)16-11-9-14-19(20)21-17-18-12-7-6-8-13-18/h6-9,11-14,16,19,21H,3-5,10,15,17H2,1-2H3. The van der Waals surface area contributed by atoms with Gasteiger partial charge in [0.15, 0.2) is 0 Å². The molecule has 0 saturated heterocycles. The second kappa shape index (κ2) is 8.92. The summed E-state index contributed by atoms with van der Waals surface area (Å²) in [5.41, 5.74) is 1.10. The smallest absolute Gasteiger partial charge is 0.105 e. The average molecular weight is 299 g/mol. The molecule has 0 radical (unpaired) electrons. The molecule has 1 N–H and O–H groups in total. The molecule has 1 aliphatic carbocycles. The number of nitrogens with one attached hydrogen (secondary N) is 1. The van der Waals surface area contributed by atoms with Crippen LogP contribution in [0.4, 0.5) is 0 Å². The van der Waals surface area contributed by atoms with E-state index in [1.807, 2.05) is 7.11 Å². The van der Waals surface area contributed by atoms with E-state index in [1.54, 1.807) is 0 Å². The highest BCUT2D eigenvalue weighted by Crippen LogP contribution is 2.29. The molecule has 1 aromatic carbocycles. The molecular weight excluding hydrogens is 270 g/mol. The number of allylic oxidation sites excluding steroid dienone is 2. The van der Waals surface area contributed by atoms with Crippen molar-refractivity contribution in [2.45, 2.75) is 57.2 Å². The molecule has 2 heteroatoms. The van der Waals surface area contributed by atoms with Crippen LogP contribution in [-0.2, 0) is 11.3 Å². The third kappa shape index (κ3) is 4.56. The van der Waals surface area contributed by atoms with Crippen LogP contribution >= 0.6 is 0 Å². The van der Waals surface area contributed by atoms with Crippen LogP contribution in [0.2, 0.25) is 0 Å². The molecule has 0 saturated carbocycles. The summed E-state index contributed by atoms with van der Waals surface area (Å²) in [4.78, 5) is 0. The van der Waals surface area contributed by atoms with Crippen molar-refractivity contribution >= 4 is 0 Å². The van der Waals surface area contributed by atoms with Crippen LogP contribution in [-0.4, -0.2) is 18.8 Å². The molecule has 0 amide bonds. The van der Waals surface area contributed by atoms with Crippen molar-refractivity contribution in [2.24, 2.45) is 0 Å². The Kier molecular flexibility index (Phi) is 6.88. The predicted octanol–water partition coefficient (Wildman–Crippen LogP) is 4.63. The number of unbranched alkanes of at least 4 members (excludes halogenated alkanes) is 3. The Labute approximate surface area is 135 Å². The quantitative estimate of drug-likeness (QED) is 0.671. The van der Waals surface area contributed by atoms with Crippen molar-refractivity contribution in [3.8, 4) is 0 Å². The number of benzene rings is 1. The van der Waals surface area contributed by atoms with Gasteiger partial charge in [0.2, 0.25) is 0 Å². The topological polar surface area (TPSA) is 21.3 Å². The maximum Gasteiger partial charge on any atom is 0.105 e. The Balaban J connectivity index is 1.96. The monoisotopic (exact) mass is 299 g/mol. The van der Waals surface area contributed by atoms with E-state index in [0.717, 1.165) is 13.0 Å². The first-order chi connectivity index (χ1) is 10.8. The van der Waals surface area contributed by atoms with E-state index in [2.05, 4.69) is 66.9 Å². The number of methoxy groups -OCH3 is 1. The van der Waals surface area contributed by atoms with E-state index in [-0.39, 0.29) is 11.6 Å². The molecule has 1 aliphatic rings. The fraction of sp³-hybridized carbons (Fsp3) is 0.500. The second-order valence-corrected chi connectivity index (χ2v) is 6.06. The van der Waals surface area contributed by atoms with Gasteiger partial charge in [0.25, 0.3) is 0 Å². The lowest BCUT2D eigenvalue weighted by Crippen LogP contribution is -2.50. The minimum absolute atomic E-state index is 0.211. The van der Waals surface area contributed by atoms with E-state index in [4.69, 9.17) is 4.74 Å². The van der Waals surface area contributed by atoms with E-state index in [0.29, 0.717) is 0 Å². The normalized spacial score (nSPS) is 23.8.